The molecule has 4 aromatic rings. The minimum atomic E-state index is -0.422. The molecule has 3 N–H and O–H groups in total. The molecule has 6 nitrogen and oxygen atoms in total. The second-order valence-corrected chi connectivity index (χ2v) is 8.99. The molecule has 0 bridgehead atoms. The summed E-state index contributed by atoms with van der Waals surface area (Å²) in [4.78, 5) is 12.5. The lowest BCUT2D eigenvalue weighted by Gasteiger charge is -2.12. The van der Waals surface area contributed by atoms with E-state index in [2.05, 4.69) is 15.7 Å². The van der Waals surface area contributed by atoms with Gasteiger partial charge in [0.25, 0.3) is 5.91 Å². The zero-order valence-electron chi connectivity index (χ0n) is 19.2. The van der Waals surface area contributed by atoms with Crippen LogP contribution in [0.5, 0.6) is 0 Å². The maximum absolute atomic E-state index is 14.7. The van der Waals surface area contributed by atoms with Gasteiger partial charge < -0.3 is 15.7 Å². The van der Waals surface area contributed by atoms with E-state index < -0.39 is 11.9 Å². The number of amides is 1. The van der Waals surface area contributed by atoms with Gasteiger partial charge in [-0.15, -0.1) is 0 Å². The van der Waals surface area contributed by atoms with Crippen LogP contribution in [0.4, 0.5) is 10.1 Å². The number of carbonyl (C=O) groups is 1. The Kier molecular flexibility index (Phi) is 5.79. The number of aliphatic hydroxyl groups excluding tert-OH is 1. The van der Waals surface area contributed by atoms with Crippen molar-refractivity contribution in [2.75, 3.05) is 11.9 Å². The van der Waals surface area contributed by atoms with E-state index in [0.717, 1.165) is 40.7 Å². The van der Waals surface area contributed by atoms with Gasteiger partial charge in [0.05, 0.1) is 23.5 Å². The molecule has 5 rings (SSSR count). The van der Waals surface area contributed by atoms with Gasteiger partial charge in [-0.1, -0.05) is 6.07 Å². The number of aliphatic hydroxyl groups is 1. The largest absolute Gasteiger partial charge is 0.392 e. The van der Waals surface area contributed by atoms with Crippen molar-refractivity contribution in [2.24, 2.45) is 0 Å². The highest BCUT2D eigenvalue weighted by atomic mass is 19.1. The van der Waals surface area contributed by atoms with Crippen LogP contribution >= 0.6 is 0 Å². The number of anilines is 1. The summed E-state index contributed by atoms with van der Waals surface area (Å²) in [5, 5.41) is 21.0. The highest BCUT2D eigenvalue weighted by Gasteiger charge is 2.24. The van der Waals surface area contributed by atoms with Crippen molar-refractivity contribution in [1.29, 1.82) is 0 Å². The van der Waals surface area contributed by atoms with E-state index in [1.165, 1.54) is 6.07 Å². The van der Waals surface area contributed by atoms with E-state index in [9.17, 15) is 14.3 Å². The monoisotopic (exact) mass is 458 g/mol. The van der Waals surface area contributed by atoms with Gasteiger partial charge in [-0.05, 0) is 91.9 Å². The van der Waals surface area contributed by atoms with Crippen LogP contribution in [0.15, 0.2) is 60.8 Å². The average molecular weight is 459 g/mol. The number of fused-ring (bicyclic) bond motifs is 1. The number of carbonyl (C=O) groups excluding carboxylic acids is 1. The Morgan fingerprint density at radius 1 is 1.18 bits per heavy atom. The van der Waals surface area contributed by atoms with Crippen LogP contribution < -0.4 is 10.6 Å². The van der Waals surface area contributed by atoms with E-state index >= 15 is 0 Å². The molecule has 1 fully saturated rings. The summed E-state index contributed by atoms with van der Waals surface area (Å²) in [6.07, 6.45) is 3.33. The molecule has 1 amide bonds. The van der Waals surface area contributed by atoms with Crippen LogP contribution in [0.3, 0.4) is 0 Å². The van der Waals surface area contributed by atoms with Gasteiger partial charge in [0.15, 0.2) is 0 Å². The second kappa shape index (κ2) is 8.91. The van der Waals surface area contributed by atoms with E-state index in [0.29, 0.717) is 23.2 Å². The van der Waals surface area contributed by atoms with Crippen LogP contribution in [0.25, 0.3) is 27.7 Å². The highest BCUT2D eigenvalue weighted by molar-refractivity contribution is 5.96. The number of hydrogen-bond donors (Lipinski definition) is 3. The Bertz CT molecular complexity index is 1360. The SMILES string of the molecule is Cc1c(F)cc(C(=O)NC2CC2)cc1-c1ccc2c(cnn2-c2ccc(NCC(C)O)cc2)c1. The first-order chi connectivity index (χ1) is 16.4. The van der Waals surface area contributed by atoms with E-state index in [-0.39, 0.29) is 11.9 Å². The summed E-state index contributed by atoms with van der Waals surface area (Å²) in [7, 11) is 0. The van der Waals surface area contributed by atoms with Crippen molar-refractivity contribution < 1.29 is 14.3 Å². The fraction of sp³-hybridized carbons (Fsp3) is 0.259. The average Bonchev–Trinajstić information content (AvgIpc) is 3.54. The number of hydrogen-bond acceptors (Lipinski definition) is 4. The molecule has 1 heterocycles. The first-order valence-corrected chi connectivity index (χ1v) is 11.5. The molecule has 0 aliphatic heterocycles. The third-order valence-electron chi connectivity index (χ3n) is 6.11. The molecular weight excluding hydrogens is 431 g/mol. The highest BCUT2D eigenvalue weighted by Crippen LogP contribution is 2.31. The Balaban J connectivity index is 1.45. The first-order valence-electron chi connectivity index (χ1n) is 11.5. The molecule has 0 spiro atoms. The molecule has 1 unspecified atom stereocenters. The van der Waals surface area contributed by atoms with Gasteiger partial charge in [0.2, 0.25) is 0 Å². The van der Waals surface area contributed by atoms with Crippen molar-refractivity contribution in [2.45, 2.75) is 38.8 Å². The summed E-state index contributed by atoms with van der Waals surface area (Å²) in [6, 6.07) is 17.0. The molecule has 1 aliphatic rings. The zero-order chi connectivity index (χ0) is 23.8. The molecule has 34 heavy (non-hydrogen) atoms. The van der Waals surface area contributed by atoms with Crippen molar-refractivity contribution >= 4 is 22.5 Å². The van der Waals surface area contributed by atoms with Gasteiger partial charge in [-0.25, -0.2) is 9.07 Å². The van der Waals surface area contributed by atoms with Gasteiger partial charge in [0, 0.05) is 29.2 Å². The van der Waals surface area contributed by atoms with Gasteiger partial charge in [-0.3, -0.25) is 4.79 Å². The Labute approximate surface area is 197 Å². The maximum atomic E-state index is 14.7. The lowest BCUT2D eigenvalue weighted by Crippen LogP contribution is -2.25. The van der Waals surface area contributed by atoms with Crippen LogP contribution in [-0.4, -0.2) is 39.5 Å². The summed E-state index contributed by atoms with van der Waals surface area (Å²) in [5.41, 5.74) is 5.14. The second-order valence-electron chi connectivity index (χ2n) is 8.99. The predicted molar refractivity (Wildman–Crippen MR) is 132 cm³/mol. The van der Waals surface area contributed by atoms with Gasteiger partial charge >= 0.3 is 0 Å². The van der Waals surface area contributed by atoms with Crippen LogP contribution in [0.2, 0.25) is 0 Å². The van der Waals surface area contributed by atoms with Crippen molar-refractivity contribution in [3.8, 4) is 16.8 Å². The lowest BCUT2D eigenvalue weighted by atomic mass is 9.96. The number of aromatic nitrogens is 2. The van der Waals surface area contributed by atoms with Crippen molar-refractivity contribution in [3.05, 3.63) is 77.7 Å². The molecule has 1 atom stereocenters. The van der Waals surface area contributed by atoms with E-state index in [4.69, 9.17) is 0 Å². The smallest absolute Gasteiger partial charge is 0.251 e. The summed E-state index contributed by atoms with van der Waals surface area (Å²) in [6.45, 7) is 3.95. The molecule has 174 valence electrons. The number of nitrogens with zero attached hydrogens (tertiary/aromatic N) is 2. The predicted octanol–water partition coefficient (Wildman–Crippen LogP) is 4.82. The summed E-state index contributed by atoms with van der Waals surface area (Å²) >= 11 is 0. The quantitative estimate of drug-likeness (QED) is 0.371. The fourth-order valence-electron chi connectivity index (χ4n) is 4.00. The van der Waals surface area contributed by atoms with Gasteiger partial charge in [0.1, 0.15) is 5.82 Å². The van der Waals surface area contributed by atoms with Crippen LogP contribution in [-0.2, 0) is 0 Å². The Morgan fingerprint density at radius 2 is 1.94 bits per heavy atom. The van der Waals surface area contributed by atoms with Crippen molar-refractivity contribution in [3.63, 3.8) is 0 Å². The van der Waals surface area contributed by atoms with E-state index in [1.54, 1.807) is 26.1 Å². The molecule has 3 aromatic carbocycles. The van der Waals surface area contributed by atoms with Crippen molar-refractivity contribution in [1.82, 2.24) is 15.1 Å². The number of nitrogens with one attached hydrogen (secondary N) is 2. The minimum Gasteiger partial charge on any atom is -0.392 e. The minimum absolute atomic E-state index is 0.214. The standard InChI is InChI=1S/C27H27FN4O2/c1-16(33)14-29-21-6-8-23(9-7-21)32-26-10-3-18(11-20(26)15-30-32)24-12-19(13-25(28)17(24)2)27(34)31-22-4-5-22/h3,6-13,15-16,22,29,33H,4-5,14H2,1-2H3,(H,31,34). The molecule has 7 heteroatoms. The molecular formula is C27H27FN4O2. The third kappa shape index (κ3) is 4.52. The number of halogens is 1. The normalized spacial score (nSPS) is 14.2. The lowest BCUT2D eigenvalue weighted by molar-refractivity contribution is 0.0950. The zero-order valence-corrected chi connectivity index (χ0v) is 19.2. The molecule has 0 saturated heterocycles. The first kappa shape index (κ1) is 22.1. The maximum Gasteiger partial charge on any atom is 0.251 e. The topological polar surface area (TPSA) is 79.2 Å². The van der Waals surface area contributed by atoms with Crippen LogP contribution in [0.1, 0.15) is 35.7 Å². The van der Waals surface area contributed by atoms with Crippen LogP contribution in [0, 0.1) is 12.7 Å². The third-order valence-corrected chi connectivity index (χ3v) is 6.11. The molecule has 1 aliphatic carbocycles. The van der Waals surface area contributed by atoms with E-state index in [1.807, 2.05) is 47.1 Å². The fourth-order valence-corrected chi connectivity index (χ4v) is 4.00. The number of rotatable bonds is 7. The summed E-state index contributed by atoms with van der Waals surface area (Å²) < 4.78 is 16.5. The summed E-state index contributed by atoms with van der Waals surface area (Å²) in [5.74, 6) is -0.624. The Morgan fingerprint density at radius 3 is 2.65 bits per heavy atom. The molecule has 1 aromatic heterocycles. The Hall–Kier alpha value is -3.71. The van der Waals surface area contributed by atoms with Gasteiger partial charge in [-0.2, -0.15) is 5.10 Å². The molecule has 1 saturated carbocycles. The molecule has 0 radical (unpaired) electrons. The number of benzene rings is 3.